The lowest BCUT2D eigenvalue weighted by Gasteiger charge is -2.31. The van der Waals surface area contributed by atoms with E-state index in [-0.39, 0.29) is 0 Å². The smallest absolute Gasteiger partial charge is 0.176 e. The number of alkyl halides is 5. The molecule has 0 N–H and O–H groups in total. The average molecular weight is 488 g/mol. The van der Waals surface area contributed by atoms with E-state index in [1.54, 1.807) is 0 Å². The first-order valence-corrected chi connectivity index (χ1v) is 6.77. The van der Waals surface area contributed by atoms with Gasteiger partial charge in [-0.05, 0) is 11.1 Å². The summed E-state index contributed by atoms with van der Waals surface area (Å²) < 4.78 is 18.8. The van der Waals surface area contributed by atoms with Crippen LogP contribution in [0.5, 0.6) is 0 Å². The number of hydrogen-bond acceptors (Lipinski definition) is 2. The quantitative estimate of drug-likeness (QED) is 0.421. The van der Waals surface area contributed by atoms with Gasteiger partial charge in [0.25, 0.3) is 0 Å². The van der Waals surface area contributed by atoms with Gasteiger partial charge in [-0.25, -0.2) is 0 Å². The predicted octanol–water partition coefficient (Wildman–Crippen LogP) is 3.15. The summed E-state index contributed by atoms with van der Waals surface area (Å²) in [7, 11) is 0. The van der Waals surface area contributed by atoms with Crippen LogP contribution in [0.1, 0.15) is 0 Å². The topological polar surface area (TPSA) is 40.1 Å². The van der Waals surface area contributed by atoms with Crippen molar-refractivity contribution in [2.45, 2.75) is 4.71 Å². The van der Waals surface area contributed by atoms with Crippen LogP contribution in [0.15, 0.2) is 0 Å². The largest absolute Gasteiger partial charge is 0.771 e. The Morgan fingerprint density at radius 3 is 1.40 bits per heavy atom. The first-order chi connectivity index (χ1) is 4.19. The molecule has 0 aliphatic rings. The van der Waals surface area contributed by atoms with Crippen molar-refractivity contribution in [2.24, 2.45) is 0 Å². The molecule has 1 unspecified atom stereocenters. The molecule has 0 aromatic carbocycles. The summed E-state index contributed by atoms with van der Waals surface area (Å²) in [6.45, 7) is 0. The van der Waals surface area contributed by atoms with Crippen LogP contribution in [0.25, 0.3) is 0 Å². The molecule has 8 heteroatoms. The summed E-state index contributed by atoms with van der Waals surface area (Å²) >= 11 is 12.7. The zero-order valence-electron chi connectivity index (χ0n) is 4.11. The van der Waals surface area contributed by atoms with Gasteiger partial charge in [0, 0.05) is 0 Å². The predicted molar refractivity (Wildman–Crippen MR) is 59.0 cm³/mol. The third-order valence-electron chi connectivity index (χ3n) is 0.539. The van der Waals surface area contributed by atoms with E-state index in [0.717, 1.165) is 0 Å². The van der Waals surface area contributed by atoms with Crippen molar-refractivity contribution >= 4 is 90.7 Å². The fourth-order valence-corrected chi connectivity index (χ4v) is 1.47. The molecule has 2 nitrogen and oxygen atoms in total. The second-order valence-corrected chi connectivity index (χ2v) is 13.6. The van der Waals surface area contributed by atoms with E-state index in [1.165, 1.54) is 0 Å². The van der Waals surface area contributed by atoms with Crippen LogP contribution in [0.3, 0.4) is 0 Å². The normalized spacial score (nSPS) is 17.0. The Hall–Kier alpha value is 2.51. The van der Waals surface area contributed by atoms with Gasteiger partial charge in [-0.15, -0.1) is 0 Å². The monoisotopic (exact) mass is 483 g/mol. The number of rotatable bonds is 1. The van der Waals surface area contributed by atoms with E-state index >= 15 is 0 Å². The molecule has 0 rings (SSSR count). The van der Waals surface area contributed by atoms with Crippen molar-refractivity contribution in [2.75, 3.05) is 0 Å². The molecule has 0 radical (unpaired) electrons. The van der Waals surface area contributed by atoms with Gasteiger partial charge in [0.15, 0.2) is 4.71 Å². The van der Waals surface area contributed by atoms with Gasteiger partial charge in [0.1, 0.15) is 0 Å². The van der Waals surface area contributed by atoms with E-state index in [4.69, 9.17) is 0 Å². The second kappa shape index (κ2) is 4.15. The summed E-state index contributed by atoms with van der Waals surface area (Å²) in [6, 6.07) is 0. The molecule has 0 saturated carbocycles. The van der Waals surface area contributed by atoms with Gasteiger partial charge in [-0.1, -0.05) is 79.6 Å². The Morgan fingerprint density at radius 1 is 1.10 bits per heavy atom. The molecule has 0 aromatic heterocycles. The lowest BCUT2D eigenvalue weighted by Crippen LogP contribution is -2.32. The van der Waals surface area contributed by atoms with Gasteiger partial charge >= 0.3 is 0 Å². The minimum atomic E-state index is -2.30. The van der Waals surface area contributed by atoms with Crippen molar-refractivity contribution in [1.29, 1.82) is 0 Å². The van der Waals surface area contributed by atoms with Gasteiger partial charge in [0.05, 0.1) is 0 Å². The highest BCUT2D eigenvalue weighted by atomic mass is 80.0. The fourth-order valence-electron chi connectivity index (χ4n) is 0.0945. The van der Waals surface area contributed by atoms with Crippen molar-refractivity contribution < 1.29 is 8.76 Å². The number of hydrogen-bond donors (Lipinski definition) is 0. The summed E-state index contributed by atoms with van der Waals surface area (Å²) in [6.07, 6.45) is 0. The Kier molecular flexibility index (Phi) is 5.19. The van der Waals surface area contributed by atoms with Crippen molar-refractivity contribution in [3.63, 3.8) is 0 Å². The fraction of sp³-hybridized carbons (Fsp3) is 1.00. The molecule has 0 heterocycles. The lowest BCUT2D eigenvalue weighted by molar-refractivity contribution is 0.534. The van der Waals surface area contributed by atoms with E-state index in [9.17, 15) is 8.76 Å². The van der Waals surface area contributed by atoms with E-state index < -0.39 is 15.8 Å². The molecule has 0 spiro atoms. The number of halogens is 5. The van der Waals surface area contributed by atoms with Crippen LogP contribution >= 0.6 is 79.6 Å². The maximum atomic E-state index is 10.5. The van der Waals surface area contributed by atoms with Crippen LogP contribution in [-0.4, -0.2) is 13.5 Å². The van der Waals surface area contributed by atoms with E-state index in [1.807, 2.05) is 0 Å². The van der Waals surface area contributed by atoms with Gasteiger partial charge in [-0.2, -0.15) is 0 Å². The standard InChI is InChI=1S/C2HBr5O2S/c3-1(4,5)2(6,7)10(8)9/h(H,8,9)/p-1. The zero-order chi connectivity index (χ0) is 8.58. The maximum absolute atomic E-state index is 10.5. The average Bonchev–Trinajstić information content (AvgIpc) is 1.62. The van der Waals surface area contributed by atoms with Crippen LogP contribution in [0.4, 0.5) is 0 Å². The van der Waals surface area contributed by atoms with Crippen LogP contribution in [0.2, 0.25) is 0 Å². The van der Waals surface area contributed by atoms with Gasteiger partial charge in [-0.3, -0.25) is 4.21 Å². The van der Waals surface area contributed by atoms with Crippen LogP contribution < -0.4 is 0 Å². The lowest BCUT2D eigenvalue weighted by atomic mass is 11.0. The molecule has 62 valence electrons. The summed E-state index contributed by atoms with van der Waals surface area (Å²) in [5.74, 6) is 0. The summed E-state index contributed by atoms with van der Waals surface area (Å²) in [4.78, 5) is 0. The highest BCUT2D eigenvalue weighted by molar-refractivity contribution is 9.42. The minimum Gasteiger partial charge on any atom is -0.771 e. The van der Waals surface area contributed by atoms with Crippen molar-refractivity contribution in [3.05, 3.63) is 0 Å². The Morgan fingerprint density at radius 2 is 1.40 bits per heavy atom. The maximum Gasteiger partial charge on any atom is 0.176 e. The van der Waals surface area contributed by atoms with E-state index in [2.05, 4.69) is 79.6 Å². The molecule has 0 aliphatic carbocycles. The van der Waals surface area contributed by atoms with Gasteiger partial charge < -0.3 is 4.55 Å². The minimum absolute atomic E-state index is 0.924. The Balaban J connectivity index is 4.57. The van der Waals surface area contributed by atoms with Crippen molar-refractivity contribution in [1.82, 2.24) is 0 Å². The van der Waals surface area contributed by atoms with Crippen LogP contribution in [-0.2, 0) is 11.1 Å². The third kappa shape index (κ3) is 3.10. The molecule has 0 aromatic rings. The van der Waals surface area contributed by atoms with Gasteiger partial charge in [0.2, 0.25) is 0 Å². The first kappa shape index (κ1) is 12.5. The summed E-state index contributed by atoms with van der Waals surface area (Å²) in [5.41, 5.74) is 0. The van der Waals surface area contributed by atoms with Crippen molar-refractivity contribution in [3.8, 4) is 0 Å². The molecular formula is C2Br5O2S-. The third-order valence-corrected chi connectivity index (χ3v) is 9.80. The molecule has 1 atom stereocenters. The second-order valence-electron chi connectivity index (χ2n) is 1.25. The molecule has 0 fully saturated rings. The summed E-state index contributed by atoms with van der Waals surface area (Å²) in [5, 5.41) is 0. The Labute approximate surface area is 103 Å². The molecule has 0 bridgehead atoms. The molecular weight excluding hydrogens is 488 g/mol. The molecule has 0 amide bonds. The Bertz CT molecular complexity index is 150. The van der Waals surface area contributed by atoms with Crippen LogP contribution in [0, 0.1) is 0 Å². The van der Waals surface area contributed by atoms with E-state index in [0.29, 0.717) is 0 Å². The molecule has 0 saturated heterocycles. The highest BCUT2D eigenvalue weighted by Gasteiger charge is 2.44. The first-order valence-electron chi connectivity index (χ1n) is 1.73. The highest BCUT2D eigenvalue weighted by Crippen LogP contribution is 2.53. The molecule has 10 heavy (non-hydrogen) atoms. The zero-order valence-corrected chi connectivity index (χ0v) is 12.9. The molecule has 0 aliphatic heterocycles. The SMILES string of the molecule is O=S([O-])C(Br)(Br)C(Br)(Br)Br.